The molecule has 0 radical (unpaired) electrons. The molecule has 35 heavy (non-hydrogen) atoms. The Morgan fingerprint density at radius 2 is 1.71 bits per heavy atom. The van der Waals surface area contributed by atoms with E-state index < -0.39 is 51.9 Å². The van der Waals surface area contributed by atoms with E-state index in [2.05, 4.69) is 19.7 Å². The van der Waals surface area contributed by atoms with E-state index in [0.717, 1.165) is 29.4 Å². The minimum absolute atomic E-state index is 0.00386. The highest BCUT2D eigenvalue weighted by molar-refractivity contribution is 7.88. The van der Waals surface area contributed by atoms with Gasteiger partial charge in [0.1, 0.15) is 11.5 Å². The molecule has 2 aliphatic carbocycles. The number of anilines is 1. The average Bonchev–Trinajstić information content (AvgIpc) is 3.58. The van der Waals surface area contributed by atoms with Crippen LogP contribution >= 0.6 is 0 Å². The van der Waals surface area contributed by atoms with Crippen LogP contribution in [0.5, 0.6) is 0 Å². The van der Waals surface area contributed by atoms with Gasteiger partial charge in [-0.15, -0.1) is 4.40 Å². The van der Waals surface area contributed by atoms with Gasteiger partial charge in [0, 0.05) is 18.7 Å². The predicted molar refractivity (Wildman–Crippen MR) is 111 cm³/mol. The first-order valence-electron chi connectivity index (χ1n) is 10.9. The fourth-order valence-electron chi connectivity index (χ4n) is 4.11. The Bertz CT molecular complexity index is 1150. The first kappa shape index (κ1) is 25.4. The van der Waals surface area contributed by atoms with Crippen molar-refractivity contribution < 1.29 is 39.6 Å². The molecule has 0 atom stereocenters. The average molecular weight is 525 g/mol. The van der Waals surface area contributed by atoms with Crippen molar-refractivity contribution in [2.45, 2.75) is 50.9 Å². The molecule has 2 fully saturated rings. The quantitative estimate of drug-likeness (QED) is 0.583. The third-order valence-corrected chi connectivity index (χ3v) is 7.51. The van der Waals surface area contributed by atoms with Crippen LogP contribution in [0.4, 0.5) is 32.2 Å². The van der Waals surface area contributed by atoms with E-state index in [4.69, 9.17) is 0 Å². The zero-order valence-corrected chi connectivity index (χ0v) is 18.9. The molecule has 1 aliphatic heterocycles. The number of carbonyl (C=O) groups is 1. The summed E-state index contributed by atoms with van der Waals surface area (Å²) in [6.45, 7) is -0.0449. The number of nitrogens with zero attached hydrogens (tertiary/aromatic N) is 4. The SMILES string of the molecule is O=C(Nc1ccnc(C(F)(F)F)n1)C1=CC(C2CCC(C(F)(F)F)CC2)=NS(=O)(=O)N1CC1CC1. The molecule has 4 rings (SSSR count). The van der Waals surface area contributed by atoms with Gasteiger partial charge in [-0.05, 0) is 56.6 Å². The van der Waals surface area contributed by atoms with Gasteiger partial charge in [-0.25, -0.2) is 14.3 Å². The zero-order chi connectivity index (χ0) is 25.6. The van der Waals surface area contributed by atoms with Crippen LogP contribution in [0.3, 0.4) is 0 Å². The van der Waals surface area contributed by atoms with Crippen LogP contribution in [0.15, 0.2) is 28.4 Å². The van der Waals surface area contributed by atoms with Gasteiger partial charge in [-0.2, -0.15) is 34.8 Å². The van der Waals surface area contributed by atoms with E-state index in [0.29, 0.717) is 0 Å². The summed E-state index contributed by atoms with van der Waals surface area (Å²) in [4.78, 5) is 19.4. The fraction of sp³-hybridized carbons (Fsp3) is 0.600. The second-order valence-electron chi connectivity index (χ2n) is 8.81. The van der Waals surface area contributed by atoms with Crippen LogP contribution in [0.2, 0.25) is 0 Å². The molecule has 2 saturated carbocycles. The van der Waals surface area contributed by atoms with Crippen molar-refractivity contribution in [3.8, 4) is 0 Å². The van der Waals surface area contributed by atoms with Gasteiger partial charge in [0.2, 0.25) is 5.82 Å². The lowest BCUT2D eigenvalue weighted by molar-refractivity contribution is -0.182. The number of nitrogens with one attached hydrogen (secondary N) is 1. The molecule has 2 heterocycles. The molecule has 0 aromatic carbocycles. The van der Waals surface area contributed by atoms with Crippen LogP contribution < -0.4 is 5.32 Å². The Hall–Kier alpha value is -2.71. The Labute approximate surface area is 196 Å². The van der Waals surface area contributed by atoms with Gasteiger partial charge >= 0.3 is 22.6 Å². The van der Waals surface area contributed by atoms with Crippen LogP contribution in [-0.4, -0.2) is 47.0 Å². The number of alkyl halides is 6. The monoisotopic (exact) mass is 525 g/mol. The predicted octanol–water partition coefficient (Wildman–Crippen LogP) is 4.10. The number of hydrogen-bond acceptors (Lipinski definition) is 5. The van der Waals surface area contributed by atoms with Gasteiger partial charge in [-0.3, -0.25) is 4.79 Å². The first-order chi connectivity index (χ1) is 16.2. The lowest BCUT2D eigenvalue weighted by atomic mass is 9.79. The highest BCUT2D eigenvalue weighted by Gasteiger charge is 2.44. The summed E-state index contributed by atoms with van der Waals surface area (Å²) in [5.74, 6) is -5.10. The summed E-state index contributed by atoms with van der Waals surface area (Å²) in [5.41, 5.74) is -0.409. The van der Waals surface area contributed by atoms with Crippen LogP contribution in [0.1, 0.15) is 44.3 Å². The van der Waals surface area contributed by atoms with Gasteiger partial charge in [0.15, 0.2) is 0 Å². The zero-order valence-electron chi connectivity index (χ0n) is 18.1. The maximum Gasteiger partial charge on any atom is 0.451 e. The van der Waals surface area contributed by atoms with Crippen molar-refractivity contribution in [2.24, 2.45) is 22.2 Å². The van der Waals surface area contributed by atoms with E-state index >= 15 is 0 Å². The van der Waals surface area contributed by atoms with Gasteiger partial charge < -0.3 is 5.32 Å². The van der Waals surface area contributed by atoms with Gasteiger partial charge in [-0.1, -0.05) is 0 Å². The Morgan fingerprint density at radius 3 is 2.29 bits per heavy atom. The number of allylic oxidation sites excluding steroid dienone is 1. The number of rotatable bonds is 5. The van der Waals surface area contributed by atoms with Crippen molar-refractivity contribution in [1.82, 2.24) is 14.3 Å². The van der Waals surface area contributed by atoms with Crippen molar-refractivity contribution >= 4 is 27.6 Å². The molecular formula is C20H21F6N5O3S. The molecule has 1 aromatic heterocycles. The van der Waals surface area contributed by atoms with Crippen LogP contribution in [0, 0.1) is 17.8 Å². The lowest BCUT2D eigenvalue weighted by Gasteiger charge is -2.33. The third-order valence-electron chi connectivity index (χ3n) is 6.17. The standard InChI is InChI=1S/C20H21F6N5O3S/c21-19(22,23)13-5-3-12(4-6-13)14-9-15(31(10-11-1-2-11)35(33,34)30-14)17(32)28-16-7-8-27-18(29-16)20(24,25)26/h7-9,11-13H,1-6,10H2,(H,27,28,29,32). The summed E-state index contributed by atoms with van der Waals surface area (Å²) in [5, 5.41) is 2.17. The summed E-state index contributed by atoms with van der Waals surface area (Å²) in [6, 6.07) is 1.02. The Kier molecular flexibility index (Phi) is 6.57. The van der Waals surface area contributed by atoms with E-state index in [-0.39, 0.29) is 49.6 Å². The second-order valence-corrected chi connectivity index (χ2v) is 10.3. The van der Waals surface area contributed by atoms with Crippen LogP contribution in [0.25, 0.3) is 0 Å². The van der Waals surface area contributed by atoms with E-state index in [9.17, 15) is 39.6 Å². The van der Waals surface area contributed by atoms with Crippen LogP contribution in [-0.2, 0) is 21.2 Å². The topological polar surface area (TPSA) is 105 Å². The largest absolute Gasteiger partial charge is 0.451 e. The molecule has 0 spiro atoms. The minimum atomic E-state index is -4.86. The molecule has 1 amide bonds. The molecule has 0 saturated heterocycles. The number of hydrogen-bond donors (Lipinski definition) is 1. The molecule has 0 bridgehead atoms. The first-order valence-corrected chi connectivity index (χ1v) is 12.3. The van der Waals surface area contributed by atoms with Gasteiger partial charge in [0.25, 0.3) is 5.91 Å². The van der Waals surface area contributed by atoms with Gasteiger partial charge in [0.05, 0.1) is 11.6 Å². The normalized spacial score (nSPS) is 25.0. The van der Waals surface area contributed by atoms with E-state index in [1.165, 1.54) is 6.08 Å². The molecule has 192 valence electrons. The second kappa shape index (κ2) is 9.06. The molecule has 1 N–H and O–H groups in total. The number of aromatic nitrogens is 2. The molecular weight excluding hydrogens is 504 g/mol. The molecule has 0 unspecified atom stereocenters. The molecule has 8 nitrogen and oxygen atoms in total. The summed E-state index contributed by atoms with van der Waals surface area (Å²) >= 11 is 0. The maximum absolute atomic E-state index is 13.0. The third kappa shape index (κ3) is 5.93. The smallest absolute Gasteiger partial charge is 0.305 e. The van der Waals surface area contributed by atoms with E-state index in [1.54, 1.807) is 0 Å². The molecule has 3 aliphatic rings. The highest BCUT2D eigenvalue weighted by Crippen LogP contribution is 2.41. The summed E-state index contributed by atoms with van der Waals surface area (Å²) in [7, 11) is -4.38. The lowest BCUT2D eigenvalue weighted by Crippen LogP contribution is -2.41. The minimum Gasteiger partial charge on any atom is -0.305 e. The number of halogens is 6. The van der Waals surface area contributed by atoms with Crippen molar-refractivity contribution in [3.05, 3.63) is 29.9 Å². The number of amides is 1. The Morgan fingerprint density at radius 1 is 1.06 bits per heavy atom. The molecule has 1 aromatic rings. The fourth-order valence-corrected chi connectivity index (χ4v) is 5.46. The summed E-state index contributed by atoms with van der Waals surface area (Å²) in [6.07, 6.45) is -6.07. The Balaban J connectivity index is 1.60. The summed E-state index contributed by atoms with van der Waals surface area (Å²) < 4.78 is 108. The highest BCUT2D eigenvalue weighted by atomic mass is 32.2. The van der Waals surface area contributed by atoms with Crippen molar-refractivity contribution in [2.75, 3.05) is 11.9 Å². The molecule has 15 heteroatoms. The maximum atomic E-state index is 13.0. The number of carbonyl (C=O) groups excluding carboxylic acids is 1. The van der Waals surface area contributed by atoms with Crippen molar-refractivity contribution in [3.63, 3.8) is 0 Å². The van der Waals surface area contributed by atoms with Crippen molar-refractivity contribution in [1.29, 1.82) is 0 Å². The van der Waals surface area contributed by atoms with E-state index in [1.807, 2.05) is 0 Å².